The number of hydrogen-bond donors (Lipinski definition) is 2. The van der Waals surface area contributed by atoms with Crippen LogP contribution in [0.4, 0.5) is 0 Å². The van der Waals surface area contributed by atoms with Crippen LogP contribution in [0.2, 0.25) is 0 Å². The minimum Gasteiger partial charge on any atom is -0.352 e. The van der Waals surface area contributed by atoms with E-state index in [1.807, 2.05) is 51.1 Å². The van der Waals surface area contributed by atoms with Crippen LogP contribution in [-0.2, 0) is 6.42 Å². The van der Waals surface area contributed by atoms with Gasteiger partial charge in [0.05, 0.1) is 27.7 Å². The average molecular weight is 377 g/mol. The van der Waals surface area contributed by atoms with Crippen LogP contribution in [0.15, 0.2) is 34.9 Å². The highest BCUT2D eigenvalue weighted by molar-refractivity contribution is 6.06. The third-order valence-electron chi connectivity index (χ3n) is 4.79. The van der Waals surface area contributed by atoms with Crippen molar-refractivity contribution in [1.29, 1.82) is 0 Å². The number of aromatic amines is 1. The Morgan fingerprint density at radius 1 is 1.25 bits per heavy atom. The molecule has 7 heteroatoms. The lowest BCUT2D eigenvalue weighted by Gasteiger charge is -2.09. The molecule has 1 aromatic carbocycles. The van der Waals surface area contributed by atoms with Crippen molar-refractivity contribution in [2.45, 2.75) is 39.5 Å². The summed E-state index contributed by atoms with van der Waals surface area (Å²) in [6.07, 6.45) is 1.56. The number of H-pyrrole nitrogens is 1. The molecule has 2 N–H and O–H groups in total. The van der Waals surface area contributed by atoms with Crippen molar-refractivity contribution < 1.29 is 9.32 Å². The van der Waals surface area contributed by atoms with Crippen LogP contribution in [0, 0.1) is 6.92 Å². The molecule has 4 rings (SSSR count). The Morgan fingerprint density at radius 2 is 2.07 bits per heavy atom. The lowest BCUT2D eigenvalue weighted by Crippen LogP contribution is -2.25. The number of benzene rings is 1. The predicted octanol–water partition coefficient (Wildman–Crippen LogP) is 3.89. The molecular weight excluding hydrogens is 354 g/mol. The number of carbonyl (C=O) groups is 1. The van der Waals surface area contributed by atoms with E-state index in [1.54, 1.807) is 0 Å². The van der Waals surface area contributed by atoms with Gasteiger partial charge in [-0.25, -0.2) is 9.97 Å². The van der Waals surface area contributed by atoms with Crippen molar-refractivity contribution in [1.82, 2.24) is 25.4 Å². The Hall–Kier alpha value is -3.22. The maximum atomic E-state index is 12.8. The minimum absolute atomic E-state index is 0.134. The van der Waals surface area contributed by atoms with Gasteiger partial charge in [0.25, 0.3) is 11.6 Å². The third kappa shape index (κ3) is 3.47. The monoisotopic (exact) mass is 377 g/mol. The highest BCUT2D eigenvalue weighted by Gasteiger charge is 2.19. The molecule has 0 unspecified atom stereocenters. The first-order chi connectivity index (χ1) is 13.5. The number of aromatic nitrogens is 4. The molecule has 3 aromatic heterocycles. The highest BCUT2D eigenvalue weighted by atomic mass is 16.5. The molecule has 1 amide bonds. The molecule has 28 heavy (non-hydrogen) atoms. The second-order valence-electron chi connectivity index (χ2n) is 7.26. The van der Waals surface area contributed by atoms with E-state index in [0.29, 0.717) is 28.9 Å². The number of aryl methyl sites for hydroxylation is 2. The molecule has 0 fully saturated rings. The molecule has 3 heterocycles. The number of amides is 1. The minimum atomic E-state index is -0.134. The fourth-order valence-electron chi connectivity index (χ4n) is 3.27. The summed E-state index contributed by atoms with van der Waals surface area (Å²) in [7, 11) is 0. The smallest absolute Gasteiger partial charge is 0.259 e. The van der Waals surface area contributed by atoms with Gasteiger partial charge >= 0.3 is 0 Å². The van der Waals surface area contributed by atoms with Crippen LogP contribution in [0.5, 0.6) is 0 Å². The summed E-state index contributed by atoms with van der Waals surface area (Å²) < 4.78 is 5.29. The van der Waals surface area contributed by atoms with Crippen molar-refractivity contribution >= 4 is 28.0 Å². The second-order valence-corrected chi connectivity index (χ2v) is 7.26. The number of pyridine rings is 1. The SMILES string of the molecule is Cc1noc2nc(C(C)C)cc(C(=O)NCCCc3nc4ccccc4[nH]3)c12. The second kappa shape index (κ2) is 7.42. The summed E-state index contributed by atoms with van der Waals surface area (Å²) in [6.45, 7) is 6.45. The largest absolute Gasteiger partial charge is 0.352 e. The van der Waals surface area contributed by atoms with Gasteiger partial charge in [-0.3, -0.25) is 4.79 Å². The quantitative estimate of drug-likeness (QED) is 0.497. The fourth-order valence-corrected chi connectivity index (χ4v) is 3.27. The van der Waals surface area contributed by atoms with Gasteiger partial charge in [0.1, 0.15) is 5.82 Å². The van der Waals surface area contributed by atoms with Crippen molar-refractivity contribution in [3.63, 3.8) is 0 Å². The molecule has 0 aliphatic carbocycles. The normalized spacial score (nSPS) is 11.6. The van der Waals surface area contributed by atoms with E-state index in [-0.39, 0.29) is 11.8 Å². The Balaban J connectivity index is 1.44. The standard InChI is InChI=1S/C21H23N5O2/c1-12(2)17-11-14(19-13(3)26-28-21(19)25-17)20(27)22-10-6-9-18-23-15-7-4-5-8-16(15)24-18/h4-5,7-8,11-12H,6,9-10H2,1-3H3,(H,22,27)(H,23,24). The molecule has 0 atom stereocenters. The number of rotatable bonds is 6. The van der Waals surface area contributed by atoms with Gasteiger partial charge in [-0.1, -0.05) is 31.1 Å². The van der Waals surface area contributed by atoms with Crippen molar-refractivity contribution in [3.05, 3.63) is 53.1 Å². The number of fused-ring (bicyclic) bond motifs is 2. The van der Waals surface area contributed by atoms with Crippen molar-refractivity contribution in [2.75, 3.05) is 6.54 Å². The van der Waals surface area contributed by atoms with Crippen LogP contribution in [0.25, 0.3) is 22.1 Å². The van der Waals surface area contributed by atoms with E-state index >= 15 is 0 Å². The maximum Gasteiger partial charge on any atom is 0.259 e. The number of hydrogen-bond acceptors (Lipinski definition) is 5. The zero-order chi connectivity index (χ0) is 19.7. The number of nitrogens with zero attached hydrogens (tertiary/aromatic N) is 3. The molecule has 0 spiro atoms. The molecule has 0 aliphatic rings. The van der Waals surface area contributed by atoms with Gasteiger partial charge in [0.2, 0.25) is 0 Å². The summed E-state index contributed by atoms with van der Waals surface area (Å²) in [5.74, 6) is 0.985. The zero-order valence-electron chi connectivity index (χ0n) is 16.2. The van der Waals surface area contributed by atoms with Crippen LogP contribution in [-0.4, -0.2) is 32.6 Å². The average Bonchev–Trinajstić information content (AvgIpc) is 3.27. The topological polar surface area (TPSA) is 96.7 Å². The van der Waals surface area contributed by atoms with Gasteiger partial charge in [-0.2, -0.15) is 0 Å². The summed E-state index contributed by atoms with van der Waals surface area (Å²) in [5, 5.41) is 7.65. The Labute approximate surface area is 162 Å². The molecular formula is C21H23N5O2. The molecule has 0 bridgehead atoms. The number of nitrogens with one attached hydrogen (secondary N) is 2. The van der Waals surface area contributed by atoms with Gasteiger partial charge in [-0.15, -0.1) is 0 Å². The molecule has 144 valence electrons. The lowest BCUT2D eigenvalue weighted by atomic mass is 10.0. The van der Waals surface area contributed by atoms with Crippen LogP contribution in [0.1, 0.15) is 53.8 Å². The molecule has 7 nitrogen and oxygen atoms in total. The molecule has 0 saturated heterocycles. The molecule has 4 aromatic rings. The first-order valence-corrected chi connectivity index (χ1v) is 9.51. The first kappa shape index (κ1) is 18.2. The third-order valence-corrected chi connectivity index (χ3v) is 4.79. The predicted molar refractivity (Wildman–Crippen MR) is 107 cm³/mol. The summed E-state index contributed by atoms with van der Waals surface area (Å²) >= 11 is 0. The van der Waals surface area contributed by atoms with E-state index < -0.39 is 0 Å². The Bertz CT molecular complexity index is 1110. The van der Waals surface area contributed by atoms with E-state index in [4.69, 9.17) is 4.52 Å². The van der Waals surface area contributed by atoms with Gasteiger partial charge < -0.3 is 14.8 Å². The zero-order valence-corrected chi connectivity index (χ0v) is 16.2. The molecule has 0 radical (unpaired) electrons. The van der Waals surface area contributed by atoms with E-state index in [0.717, 1.165) is 35.4 Å². The maximum absolute atomic E-state index is 12.8. The van der Waals surface area contributed by atoms with Crippen molar-refractivity contribution in [2.24, 2.45) is 0 Å². The van der Waals surface area contributed by atoms with E-state index in [1.165, 1.54) is 0 Å². The summed E-state index contributed by atoms with van der Waals surface area (Å²) in [6, 6.07) is 9.79. The van der Waals surface area contributed by atoms with E-state index in [9.17, 15) is 4.79 Å². The van der Waals surface area contributed by atoms with Crippen LogP contribution in [0.3, 0.4) is 0 Å². The number of para-hydroxylation sites is 2. The first-order valence-electron chi connectivity index (χ1n) is 9.51. The van der Waals surface area contributed by atoms with Crippen molar-refractivity contribution in [3.8, 4) is 0 Å². The van der Waals surface area contributed by atoms with Crippen LogP contribution >= 0.6 is 0 Å². The van der Waals surface area contributed by atoms with Crippen LogP contribution < -0.4 is 5.32 Å². The van der Waals surface area contributed by atoms with Gasteiger partial charge in [0, 0.05) is 18.7 Å². The fraction of sp³-hybridized carbons (Fsp3) is 0.333. The number of imidazole rings is 1. The Kier molecular flexibility index (Phi) is 4.81. The Morgan fingerprint density at radius 3 is 2.86 bits per heavy atom. The van der Waals surface area contributed by atoms with Gasteiger partial charge in [-0.05, 0) is 37.5 Å². The van der Waals surface area contributed by atoms with Gasteiger partial charge in [0.15, 0.2) is 0 Å². The summed E-state index contributed by atoms with van der Waals surface area (Å²) in [5.41, 5.74) is 4.46. The lowest BCUT2D eigenvalue weighted by molar-refractivity contribution is 0.0954. The van der Waals surface area contributed by atoms with E-state index in [2.05, 4.69) is 25.4 Å². The molecule has 0 aliphatic heterocycles. The number of carbonyl (C=O) groups excluding carboxylic acids is 1. The highest BCUT2D eigenvalue weighted by Crippen LogP contribution is 2.25. The molecule has 0 saturated carbocycles. The summed E-state index contributed by atoms with van der Waals surface area (Å²) in [4.78, 5) is 25.2.